The molecule has 0 unspecified atom stereocenters. The van der Waals surface area contributed by atoms with Crippen LogP contribution < -0.4 is 10.1 Å². The number of carbonyl (C=O) groups excluding carboxylic acids is 1. The number of nitrogens with one attached hydrogen (secondary N) is 1. The molecule has 0 aliphatic carbocycles. The van der Waals surface area contributed by atoms with Crippen molar-refractivity contribution in [3.05, 3.63) is 65.8 Å². The van der Waals surface area contributed by atoms with Crippen molar-refractivity contribution >= 4 is 44.2 Å². The van der Waals surface area contributed by atoms with Crippen LogP contribution in [-0.4, -0.2) is 27.8 Å². The van der Waals surface area contributed by atoms with Crippen LogP contribution in [0.4, 0.5) is 10.2 Å². The van der Waals surface area contributed by atoms with Gasteiger partial charge in [-0.25, -0.2) is 9.37 Å². The first-order valence-corrected chi connectivity index (χ1v) is 9.84. The lowest BCUT2D eigenvalue weighted by Gasteiger charge is -2.04. The third-order valence-electron chi connectivity index (χ3n) is 4.55. The maximum atomic E-state index is 13.5. The Kier molecular flexibility index (Phi) is 4.25. The van der Waals surface area contributed by atoms with Gasteiger partial charge in [0.2, 0.25) is 5.13 Å². The normalized spacial score (nSPS) is 11.3. The number of amides is 1. The van der Waals surface area contributed by atoms with Crippen molar-refractivity contribution in [3.8, 4) is 10.9 Å². The molecule has 3 heterocycles. The molecule has 150 valence electrons. The molecular formula is C21H15FN4O3S. The van der Waals surface area contributed by atoms with Crippen LogP contribution in [0, 0.1) is 12.7 Å². The molecule has 9 heteroatoms. The van der Waals surface area contributed by atoms with E-state index in [-0.39, 0.29) is 11.6 Å². The van der Waals surface area contributed by atoms with E-state index >= 15 is 0 Å². The molecule has 2 aromatic carbocycles. The number of fused-ring (bicyclic) bond motifs is 2. The molecular weight excluding hydrogens is 407 g/mol. The van der Waals surface area contributed by atoms with Gasteiger partial charge in [-0.05, 0) is 37.3 Å². The quantitative estimate of drug-likeness (QED) is 0.444. The van der Waals surface area contributed by atoms with Gasteiger partial charge < -0.3 is 14.5 Å². The van der Waals surface area contributed by atoms with E-state index in [0.29, 0.717) is 38.2 Å². The minimum Gasteiger partial charge on any atom is -0.493 e. The SMILES string of the molecule is COc1cccc2cc(C(=O)Nc3cc(C)nn3-c3nc4ccc(F)cc4s3)oc12. The first-order valence-electron chi connectivity index (χ1n) is 9.03. The Morgan fingerprint density at radius 2 is 2.10 bits per heavy atom. The molecule has 0 spiro atoms. The number of hydrogen-bond acceptors (Lipinski definition) is 6. The highest BCUT2D eigenvalue weighted by Gasteiger charge is 2.19. The van der Waals surface area contributed by atoms with Crippen LogP contribution in [0.5, 0.6) is 5.75 Å². The highest BCUT2D eigenvalue weighted by Crippen LogP contribution is 2.30. The molecule has 0 saturated carbocycles. The summed E-state index contributed by atoms with van der Waals surface area (Å²) in [5.41, 5.74) is 1.86. The van der Waals surface area contributed by atoms with Gasteiger partial charge in [-0.15, -0.1) is 0 Å². The number of halogens is 1. The van der Waals surface area contributed by atoms with Crippen LogP contribution in [0.2, 0.25) is 0 Å². The maximum absolute atomic E-state index is 13.5. The molecule has 0 radical (unpaired) electrons. The van der Waals surface area contributed by atoms with Crippen LogP contribution in [-0.2, 0) is 0 Å². The highest BCUT2D eigenvalue weighted by atomic mass is 32.1. The van der Waals surface area contributed by atoms with Gasteiger partial charge in [0.05, 0.1) is 23.0 Å². The van der Waals surface area contributed by atoms with E-state index in [1.807, 2.05) is 19.1 Å². The zero-order chi connectivity index (χ0) is 20.8. The number of carbonyl (C=O) groups is 1. The summed E-state index contributed by atoms with van der Waals surface area (Å²) in [5.74, 6) is 0.370. The van der Waals surface area contributed by atoms with Crippen molar-refractivity contribution in [2.24, 2.45) is 0 Å². The Morgan fingerprint density at radius 1 is 1.23 bits per heavy atom. The van der Waals surface area contributed by atoms with E-state index < -0.39 is 5.91 Å². The molecule has 0 aliphatic heterocycles. The number of aryl methyl sites for hydroxylation is 1. The predicted octanol–water partition coefficient (Wildman–Crippen LogP) is 4.94. The fourth-order valence-corrected chi connectivity index (χ4v) is 4.15. The maximum Gasteiger partial charge on any atom is 0.292 e. The van der Waals surface area contributed by atoms with Crippen molar-refractivity contribution in [1.29, 1.82) is 0 Å². The first kappa shape index (κ1) is 18.3. The van der Waals surface area contributed by atoms with Crippen LogP contribution in [0.1, 0.15) is 16.2 Å². The molecule has 0 aliphatic rings. The molecule has 30 heavy (non-hydrogen) atoms. The van der Waals surface area contributed by atoms with Crippen LogP contribution >= 0.6 is 11.3 Å². The van der Waals surface area contributed by atoms with Gasteiger partial charge in [0, 0.05) is 11.5 Å². The Bertz CT molecular complexity index is 1420. The zero-order valence-corrected chi connectivity index (χ0v) is 16.8. The van der Waals surface area contributed by atoms with Crippen molar-refractivity contribution in [2.75, 3.05) is 12.4 Å². The number of nitrogens with zero attached hydrogens (tertiary/aromatic N) is 3. The summed E-state index contributed by atoms with van der Waals surface area (Å²) in [5, 5.41) is 8.52. The van der Waals surface area contributed by atoms with Crippen molar-refractivity contribution in [1.82, 2.24) is 14.8 Å². The fourth-order valence-electron chi connectivity index (χ4n) is 3.20. The van der Waals surface area contributed by atoms with E-state index in [4.69, 9.17) is 9.15 Å². The van der Waals surface area contributed by atoms with Gasteiger partial charge in [0.1, 0.15) is 11.6 Å². The van der Waals surface area contributed by atoms with E-state index in [1.54, 1.807) is 31.4 Å². The molecule has 1 amide bonds. The van der Waals surface area contributed by atoms with Crippen LogP contribution in [0.3, 0.4) is 0 Å². The average molecular weight is 422 g/mol. The fraction of sp³-hybridized carbons (Fsp3) is 0.0952. The minimum absolute atomic E-state index is 0.145. The second kappa shape index (κ2) is 6.96. The van der Waals surface area contributed by atoms with Gasteiger partial charge >= 0.3 is 0 Å². The molecule has 1 N–H and O–H groups in total. The summed E-state index contributed by atoms with van der Waals surface area (Å²) >= 11 is 1.28. The topological polar surface area (TPSA) is 82.2 Å². The number of hydrogen-bond donors (Lipinski definition) is 1. The molecule has 0 fully saturated rings. The van der Waals surface area contributed by atoms with Gasteiger partial charge in [0.15, 0.2) is 17.1 Å². The Balaban J connectivity index is 1.50. The molecule has 3 aromatic heterocycles. The third-order valence-corrected chi connectivity index (χ3v) is 5.54. The number of para-hydroxylation sites is 1. The predicted molar refractivity (Wildman–Crippen MR) is 112 cm³/mol. The number of ether oxygens (including phenoxy) is 1. The summed E-state index contributed by atoms with van der Waals surface area (Å²) in [6.45, 7) is 1.81. The monoisotopic (exact) mass is 422 g/mol. The van der Waals surface area contributed by atoms with E-state index in [0.717, 1.165) is 5.39 Å². The number of furan rings is 1. The second-order valence-corrected chi connectivity index (χ2v) is 7.64. The minimum atomic E-state index is -0.429. The molecule has 7 nitrogen and oxygen atoms in total. The highest BCUT2D eigenvalue weighted by molar-refractivity contribution is 7.20. The van der Waals surface area contributed by atoms with Crippen molar-refractivity contribution < 1.29 is 18.3 Å². The van der Waals surface area contributed by atoms with E-state index in [2.05, 4.69) is 15.4 Å². The second-order valence-electron chi connectivity index (χ2n) is 6.63. The lowest BCUT2D eigenvalue weighted by molar-refractivity contribution is 0.0998. The average Bonchev–Trinajstić information content (AvgIpc) is 3.43. The smallest absolute Gasteiger partial charge is 0.292 e. The van der Waals surface area contributed by atoms with Crippen LogP contribution in [0.15, 0.2) is 52.9 Å². The van der Waals surface area contributed by atoms with Crippen LogP contribution in [0.25, 0.3) is 26.3 Å². The standard InChI is InChI=1S/C21H15FN4O3S/c1-11-8-18(26(25-11)21-23-14-7-6-13(22)10-17(14)30-21)24-20(27)16-9-12-4-3-5-15(28-2)19(12)29-16/h3-10H,1-2H3,(H,24,27). The molecule has 5 aromatic rings. The summed E-state index contributed by atoms with van der Waals surface area (Å²) in [6.07, 6.45) is 0. The molecule has 0 bridgehead atoms. The molecule has 5 rings (SSSR count). The van der Waals surface area contributed by atoms with Gasteiger partial charge in [-0.1, -0.05) is 23.5 Å². The number of benzene rings is 2. The summed E-state index contributed by atoms with van der Waals surface area (Å²) < 4.78 is 26.7. The lowest BCUT2D eigenvalue weighted by Crippen LogP contribution is -2.14. The number of rotatable bonds is 4. The lowest BCUT2D eigenvalue weighted by atomic mass is 10.2. The van der Waals surface area contributed by atoms with Crippen molar-refractivity contribution in [3.63, 3.8) is 0 Å². The van der Waals surface area contributed by atoms with E-state index in [1.165, 1.54) is 28.2 Å². The van der Waals surface area contributed by atoms with E-state index in [9.17, 15) is 9.18 Å². The molecule has 0 saturated heterocycles. The van der Waals surface area contributed by atoms with Gasteiger partial charge in [-0.3, -0.25) is 4.79 Å². The van der Waals surface area contributed by atoms with Crippen molar-refractivity contribution in [2.45, 2.75) is 6.92 Å². The number of thiazole rings is 1. The Morgan fingerprint density at radius 3 is 2.93 bits per heavy atom. The number of methoxy groups -OCH3 is 1. The summed E-state index contributed by atoms with van der Waals surface area (Å²) in [7, 11) is 1.54. The summed E-state index contributed by atoms with van der Waals surface area (Å²) in [6, 6.07) is 13.2. The number of aromatic nitrogens is 3. The largest absolute Gasteiger partial charge is 0.493 e. The Labute approximate surface area is 173 Å². The third kappa shape index (κ3) is 3.09. The Hall–Kier alpha value is -3.72. The van der Waals surface area contributed by atoms with Gasteiger partial charge in [-0.2, -0.15) is 9.78 Å². The zero-order valence-electron chi connectivity index (χ0n) is 16.0. The number of anilines is 1. The molecule has 0 atom stereocenters. The summed E-state index contributed by atoms with van der Waals surface area (Å²) in [4.78, 5) is 17.3. The van der Waals surface area contributed by atoms with Gasteiger partial charge in [0.25, 0.3) is 5.91 Å². The first-order chi connectivity index (χ1) is 14.5.